The highest BCUT2D eigenvalue weighted by Gasteiger charge is 2.22. The van der Waals surface area contributed by atoms with E-state index in [0.717, 1.165) is 23.5 Å². The maximum Gasteiger partial charge on any atom is 0.206 e. The van der Waals surface area contributed by atoms with Gasteiger partial charge in [0.05, 0.1) is 29.4 Å². The predicted octanol–water partition coefficient (Wildman–Crippen LogP) is 5.64. The van der Waals surface area contributed by atoms with Crippen molar-refractivity contribution in [1.82, 2.24) is 0 Å². The van der Waals surface area contributed by atoms with Crippen molar-refractivity contribution >= 4 is 33.4 Å². The number of rotatable bonds is 6. The molecule has 0 bridgehead atoms. The van der Waals surface area contributed by atoms with Crippen molar-refractivity contribution in [3.8, 4) is 23.0 Å². The zero-order valence-electron chi connectivity index (χ0n) is 16.9. The summed E-state index contributed by atoms with van der Waals surface area (Å²) in [5.41, 5.74) is 0. The molecular weight excluding hydrogens is 480 g/mol. The lowest BCUT2D eigenvalue weighted by Gasteiger charge is -2.11. The first-order valence-electron chi connectivity index (χ1n) is 9.58. The Morgan fingerprint density at radius 2 is 0.848 bits per heavy atom. The summed E-state index contributed by atoms with van der Waals surface area (Å²) in [7, 11) is -4.00. The van der Waals surface area contributed by atoms with E-state index in [1.807, 2.05) is 0 Å². The number of benzene rings is 4. The van der Waals surface area contributed by atoms with Gasteiger partial charge < -0.3 is 20.4 Å². The van der Waals surface area contributed by atoms with Gasteiger partial charge in [0, 0.05) is 0 Å². The maximum atomic E-state index is 13.3. The lowest BCUT2D eigenvalue weighted by atomic mass is 10.3. The summed E-state index contributed by atoms with van der Waals surface area (Å²) in [6.45, 7) is 0. The van der Waals surface area contributed by atoms with Gasteiger partial charge in [-0.05, 0) is 60.7 Å². The van der Waals surface area contributed by atoms with Crippen molar-refractivity contribution in [3.05, 3.63) is 84.9 Å². The van der Waals surface area contributed by atoms with Crippen LogP contribution in [0.25, 0.3) is 0 Å². The van der Waals surface area contributed by atoms with Crippen LogP contribution in [-0.2, 0) is 9.84 Å². The van der Waals surface area contributed by atoms with E-state index in [9.17, 15) is 28.8 Å². The molecule has 33 heavy (non-hydrogen) atoms. The SMILES string of the molecule is O=S(=O)(c1ccc(O)c(Sc2ccccc2O)c1)c1ccc(O)c(Sc2ccccc2O)c1. The van der Waals surface area contributed by atoms with Crippen LogP contribution < -0.4 is 0 Å². The molecular formula is C24H18O6S3. The molecule has 0 heterocycles. The molecule has 168 valence electrons. The monoisotopic (exact) mass is 498 g/mol. The molecule has 6 nitrogen and oxygen atoms in total. The van der Waals surface area contributed by atoms with E-state index in [4.69, 9.17) is 0 Å². The van der Waals surface area contributed by atoms with E-state index in [2.05, 4.69) is 0 Å². The minimum Gasteiger partial charge on any atom is -0.507 e. The molecule has 0 radical (unpaired) electrons. The summed E-state index contributed by atoms with van der Waals surface area (Å²) >= 11 is 2.08. The molecule has 0 aromatic heterocycles. The highest BCUT2D eigenvalue weighted by molar-refractivity contribution is 8.00. The minimum absolute atomic E-state index is 0.0134. The molecule has 4 N–H and O–H groups in total. The van der Waals surface area contributed by atoms with Crippen molar-refractivity contribution in [2.24, 2.45) is 0 Å². The molecule has 0 spiro atoms. The van der Waals surface area contributed by atoms with E-state index in [-0.39, 0.29) is 42.6 Å². The van der Waals surface area contributed by atoms with E-state index >= 15 is 0 Å². The molecule has 0 saturated heterocycles. The van der Waals surface area contributed by atoms with Gasteiger partial charge in [-0.3, -0.25) is 0 Å². The molecule has 0 aliphatic heterocycles. The first-order chi connectivity index (χ1) is 15.8. The number of para-hydroxylation sites is 2. The average Bonchev–Trinajstić information content (AvgIpc) is 2.79. The van der Waals surface area contributed by atoms with Gasteiger partial charge in [0.25, 0.3) is 0 Å². The van der Waals surface area contributed by atoms with Crippen LogP contribution in [-0.4, -0.2) is 28.8 Å². The quantitative estimate of drug-likeness (QED) is 0.270. The van der Waals surface area contributed by atoms with E-state index in [1.54, 1.807) is 36.4 Å². The van der Waals surface area contributed by atoms with Crippen LogP contribution in [0.2, 0.25) is 0 Å². The molecule has 4 aromatic carbocycles. The summed E-state index contributed by atoms with van der Waals surface area (Å²) < 4.78 is 26.6. The van der Waals surface area contributed by atoms with Gasteiger partial charge in [-0.15, -0.1) is 0 Å². The number of phenols is 4. The van der Waals surface area contributed by atoms with E-state index in [1.165, 1.54) is 48.5 Å². The Hall–Kier alpha value is -3.27. The van der Waals surface area contributed by atoms with Crippen molar-refractivity contribution < 1.29 is 28.8 Å². The van der Waals surface area contributed by atoms with Crippen LogP contribution in [0.3, 0.4) is 0 Å². The largest absolute Gasteiger partial charge is 0.507 e. The highest BCUT2D eigenvalue weighted by Crippen LogP contribution is 2.42. The van der Waals surface area contributed by atoms with Crippen molar-refractivity contribution in [2.45, 2.75) is 29.4 Å². The fourth-order valence-electron chi connectivity index (χ4n) is 2.95. The lowest BCUT2D eigenvalue weighted by molar-refractivity contribution is 0.458. The zero-order valence-corrected chi connectivity index (χ0v) is 19.4. The number of sulfone groups is 1. The summed E-state index contributed by atoms with van der Waals surface area (Å²) in [6.07, 6.45) is 0. The number of phenolic OH excluding ortho intramolecular Hbond substituents is 4. The molecule has 0 saturated carbocycles. The molecule has 0 aliphatic rings. The smallest absolute Gasteiger partial charge is 0.206 e. The van der Waals surface area contributed by atoms with Crippen molar-refractivity contribution in [1.29, 1.82) is 0 Å². The third-order valence-electron chi connectivity index (χ3n) is 4.65. The molecule has 4 rings (SSSR count). The molecule has 0 fully saturated rings. The van der Waals surface area contributed by atoms with Crippen LogP contribution in [0.15, 0.2) is 114 Å². The van der Waals surface area contributed by atoms with Gasteiger partial charge in [-0.1, -0.05) is 47.8 Å². The number of hydrogen-bond acceptors (Lipinski definition) is 8. The predicted molar refractivity (Wildman–Crippen MR) is 126 cm³/mol. The standard InChI is InChI=1S/C24H18O6S3/c25-17-5-1-3-7-21(17)31-23-13-15(9-11-19(23)27)33(29,30)16-10-12-20(28)24(14-16)32-22-8-4-2-6-18(22)26/h1-14,25-28H. The number of aromatic hydroxyl groups is 4. The minimum atomic E-state index is -4.00. The van der Waals surface area contributed by atoms with Crippen LogP contribution in [0.4, 0.5) is 0 Å². The van der Waals surface area contributed by atoms with Crippen molar-refractivity contribution in [3.63, 3.8) is 0 Å². The topological polar surface area (TPSA) is 115 Å². The van der Waals surface area contributed by atoms with Crippen LogP contribution in [0.5, 0.6) is 23.0 Å². The van der Waals surface area contributed by atoms with Crippen molar-refractivity contribution in [2.75, 3.05) is 0 Å². The average molecular weight is 499 g/mol. The second-order valence-electron chi connectivity index (χ2n) is 6.90. The summed E-state index contributed by atoms with van der Waals surface area (Å²) in [5.74, 6) is -0.216. The third-order valence-corrected chi connectivity index (χ3v) is 8.63. The zero-order chi connectivity index (χ0) is 23.6. The van der Waals surface area contributed by atoms with Gasteiger partial charge in [0.1, 0.15) is 23.0 Å². The Bertz CT molecular complexity index is 1330. The van der Waals surface area contributed by atoms with Crippen LogP contribution in [0.1, 0.15) is 0 Å². The second-order valence-corrected chi connectivity index (χ2v) is 11.0. The van der Waals surface area contributed by atoms with Crippen LogP contribution >= 0.6 is 23.5 Å². The van der Waals surface area contributed by atoms with E-state index < -0.39 is 9.84 Å². The Kier molecular flexibility index (Phi) is 6.46. The Labute approximate surface area is 199 Å². The van der Waals surface area contributed by atoms with Gasteiger partial charge in [-0.2, -0.15) is 0 Å². The first kappa shape index (κ1) is 22.9. The van der Waals surface area contributed by atoms with Gasteiger partial charge in [0.2, 0.25) is 9.84 Å². The summed E-state index contributed by atoms with van der Waals surface area (Å²) in [5, 5.41) is 40.5. The third kappa shape index (κ3) is 4.90. The van der Waals surface area contributed by atoms with Gasteiger partial charge >= 0.3 is 0 Å². The van der Waals surface area contributed by atoms with Gasteiger partial charge in [-0.25, -0.2) is 8.42 Å². The molecule has 0 atom stereocenters. The molecule has 4 aromatic rings. The normalized spacial score (nSPS) is 11.4. The summed E-state index contributed by atoms with van der Waals surface area (Å²) in [6, 6.07) is 20.9. The molecule has 9 heteroatoms. The lowest BCUT2D eigenvalue weighted by Crippen LogP contribution is -2.02. The fourth-order valence-corrected chi connectivity index (χ4v) is 6.24. The van der Waals surface area contributed by atoms with Crippen LogP contribution in [0, 0.1) is 0 Å². The fraction of sp³-hybridized carbons (Fsp3) is 0. The van der Waals surface area contributed by atoms with Gasteiger partial charge in [0.15, 0.2) is 0 Å². The Morgan fingerprint density at radius 1 is 0.485 bits per heavy atom. The maximum absolute atomic E-state index is 13.3. The number of hydrogen-bond donors (Lipinski definition) is 4. The summed E-state index contributed by atoms with van der Waals surface area (Å²) in [4.78, 5) is 1.35. The molecule has 0 unspecified atom stereocenters. The Balaban J connectivity index is 1.70. The molecule has 0 amide bonds. The first-order valence-corrected chi connectivity index (χ1v) is 12.7. The second kappa shape index (κ2) is 9.30. The Morgan fingerprint density at radius 3 is 1.24 bits per heavy atom. The van der Waals surface area contributed by atoms with E-state index in [0.29, 0.717) is 9.79 Å². The highest BCUT2D eigenvalue weighted by atomic mass is 32.2. The molecule has 0 aliphatic carbocycles.